The van der Waals surface area contributed by atoms with Gasteiger partial charge in [0.2, 0.25) is 0 Å². The van der Waals surface area contributed by atoms with Crippen LogP contribution in [0.3, 0.4) is 0 Å². The van der Waals surface area contributed by atoms with Crippen LogP contribution < -0.4 is 0 Å². The van der Waals surface area contributed by atoms with Gasteiger partial charge < -0.3 is 9.47 Å². The smallest absolute Gasteiger partial charge is 0.309 e. The fourth-order valence-corrected chi connectivity index (χ4v) is 5.17. The summed E-state index contributed by atoms with van der Waals surface area (Å²) in [7, 11) is 0. The predicted octanol–water partition coefficient (Wildman–Crippen LogP) is 2.94. The molecule has 7 atom stereocenters. The monoisotopic (exact) mass is 294 g/mol. The summed E-state index contributed by atoms with van der Waals surface area (Å²) in [6.07, 6.45) is 4.18. The van der Waals surface area contributed by atoms with Crippen LogP contribution in [0, 0.1) is 29.1 Å². The number of ether oxygens (including phenoxy) is 2. The Morgan fingerprint density at radius 3 is 2.62 bits per heavy atom. The minimum absolute atomic E-state index is 0.0135. The van der Waals surface area contributed by atoms with E-state index in [4.69, 9.17) is 9.47 Å². The van der Waals surface area contributed by atoms with Gasteiger partial charge in [-0.1, -0.05) is 20.8 Å². The van der Waals surface area contributed by atoms with E-state index in [0.29, 0.717) is 11.8 Å². The molecule has 2 saturated carbocycles. The van der Waals surface area contributed by atoms with Crippen LogP contribution in [-0.2, 0) is 19.1 Å². The molecule has 1 aliphatic heterocycles. The van der Waals surface area contributed by atoms with Crippen LogP contribution >= 0.6 is 0 Å². The van der Waals surface area contributed by atoms with Crippen LogP contribution in [0.4, 0.5) is 0 Å². The van der Waals surface area contributed by atoms with Crippen molar-refractivity contribution in [1.29, 1.82) is 0 Å². The summed E-state index contributed by atoms with van der Waals surface area (Å²) in [4.78, 5) is 23.3. The van der Waals surface area contributed by atoms with Crippen LogP contribution in [0.5, 0.6) is 0 Å². The molecule has 118 valence electrons. The Labute approximate surface area is 126 Å². The number of rotatable bonds is 1. The van der Waals surface area contributed by atoms with Gasteiger partial charge in [0.15, 0.2) is 0 Å². The van der Waals surface area contributed by atoms with Crippen LogP contribution in [0.15, 0.2) is 0 Å². The lowest BCUT2D eigenvalue weighted by molar-refractivity contribution is -0.173. The Bertz CT molecular complexity index is 460. The van der Waals surface area contributed by atoms with Crippen LogP contribution in [0.2, 0.25) is 0 Å². The van der Waals surface area contributed by atoms with E-state index >= 15 is 0 Å². The Morgan fingerprint density at radius 1 is 1.29 bits per heavy atom. The second-order valence-electron chi connectivity index (χ2n) is 7.62. The van der Waals surface area contributed by atoms with E-state index in [0.717, 1.165) is 25.7 Å². The normalized spacial score (nSPS) is 49.0. The summed E-state index contributed by atoms with van der Waals surface area (Å²) < 4.78 is 11.3. The maximum absolute atomic E-state index is 12.0. The number of fused-ring (bicyclic) bond motifs is 3. The first kappa shape index (κ1) is 14.9. The third kappa shape index (κ3) is 2.27. The van der Waals surface area contributed by atoms with E-state index in [1.54, 1.807) is 0 Å². The molecule has 1 heterocycles. The molecule has 0 radical (unpaired) electrons. The predicted molar refractivity (Wildman–Crippen MR) is 77.3 cm³/mol. The lowest BCUT2D eigenvalue weighted by atomic mass is 9.52. The minimum atomic E-state index is -0.209. The topological polar surface area (TPSA) is 52.6 Å². The molecule has 3 aliphatic rings. The first-order valence-corrected chi connectivity index (χ1v) is 8.21. The molecule has 0 bridgehead atoms. The van der Waals surface area contributed by atoms with E-state index in [1.807, 2.05) is 6.92 Å². The van der Waals surface area contributed by atoms with Gasteiger partial charge in [-0.3, -0.25) is 9.59 Å². The van der Waals surface area contributed by atoms with Gasteiger partial charge in [-0.05, 0) is 37.0 Å². The van der Waals surface area contributed by atoms with E-state index < -0.39 is 0 Å². The summed E-state index contributed by atoms with van der Waals surface area (Å²) in [5.74, 6) is 0.660. The molecule has 0 spiro atoms. The van der Waals surface area contributed by atoms with E-state index in [-0.39, 0.29) is 41.4 Å². The Hall–Kier alpha value is -1.06. The highest BCUT2D eigenvalue weighted by molar-refractivity contribution is 5.75. The molecule has 0 unspecified atom stereocenters. The van der Waals surface area contributed by atoms with Gasteiger partial charge in [0.25, 0.3) is 0 Å². The standard InChI is InChI=1S/C17H26O4/c1-9-12-5-7-17(4)8-6-13(20-11(3)18)10(2)14(17)15(12)21-16(9)19/h9-10,12-15H,5-8H2,1-4H3/t9-,10-,12-,13-,14+,15-,17-/m0/s1. The molecule has 4 nitrogen and oxygen atoms in total. The lowest BCUT2D eigenvalue weighted by Gasteiger charge is -2.54. The van der Waals surface area contributed by atoms with Crippen molar-refractivity contribution in [2.24, 2.45) is 29.1 Å². The molecule has 0 N–H and O–H groups in total. The molecule has 0 aromatic rings. The van der Waals surface area contributed by atoms with Crippen molar-refractivity contribution in [3.8, 4) is 0 Å². The van der Waals surface area contributed by atoms with E-state index in [1.165, 1.54) is 6.92 Å². The van der Waals surface area contributed by atoms with Gasteiger partial charge in [0, 0.05) is 18.8 Å². The van der Waals surface area contributed by atoms with Gasteiger partial charge in [-0.25, -0.2) is 0 Å². The highest BCUT2D eigenvalue weighted by Gasteiger charge is 2.58. The molecule has 2 aliphatic carbocycles. The Morgan fingerprint density at radius 2 is 1.95 bits per heavy atom. The van der Waals surface area contributed by atoms with Gasteiger partial charge in [0.05, 0.1) is 5.92 Å². The molecule has 3 rings (SSSR count). The first-order chi connectivity index (χ1) is 9.83. The third-order valence-corrected chi connectivity index (χ3v) is 6.37. The number of hydrogen-bond acceptors (Lipinski definition) is 4. The maximum Gasteiger partial charge on any atom is 0.309 e. The highest BCUT2D eigenvalue weighted by atomic mass is 16.6. The Kier molecular flexibility index (Phi) is 3.53. The fraction of sp³-hybridized carbons (Fsp3) is 0.882. The fourth-order valence-electron chi connectivity index (χ4n) is 5.17. The number of esters is 2. The number of hydrogen-bond donors (Lipinski definition) is 0. The molecule has 1 saturated heterocycles. The molecule has 0 aromatic carbocycles. The van der Waals surface area contributed by atoms with Gasteiger partial charge >= 0.3 is 11.9 Å². The Balaban J connectivity index is 1.87. The summed E-state index contributed by atoms with van der Waals surface area (Å²) in [5, 5.41) is 0. The number of carbonyl (C=O) groups excluding carboxylic acids is 2. The molecule has 3 fully saturated rings. The molecular weight excluding hydrogens is 268 g/mol. The zero-order valence-corrected chi connectivity index (χ0v) is 13.4. The maximum atomic E-state index is 12.0. The van der Waals surface area contributed by atoms with Crippen molar-refractivity contribution in [2.45, 2.75) is 65.6 Å². The summed E-state index contributed by atoms with van der Waals surface area (Å²) in [5.41, 5.74) is 0.210. The quantitative estimate of drug-likeness (QED) is 0.698. The zero-order valence-electron chi connectivity index (χ0n) is 13.4. The lowest BCUT2D eigenvalue weighted by Crippen LogP contribution is -2.54. The van der Waals surface area contributed by atoms with Gasteiger partial charge in [-0.15, -0.1) is 0 Å². The zero-order chi connectivity index (χ0) is 15.4. The largest absolute Gasteiger partial charge is 0.462 e. The van der Waals surface area contributed by atoms with Gasteiger partial charge in [-0.2, -0.15) is 0 Å². The van der Waals surface area contributed by atoms with Crippen molar-refractivity contribution < 1.29 is 19.1 Å². The molecular formula is C17H26O4. The first-order valence-electron chi connectivity index (χ1n) is 8.21. The second-order valence-corrected chi connectivity index (χ2v) is 7.62. The average molecular weight is 294 g/mol. The summed E-state index contributed by atoms with van der Waals surface area (Å²) in [6.45, 7) is 7.95. The van der Waals surface area contributed by atoms with Crippen molar-refractivity contribution in [2.75, 3.05) is 0 Å². The minimum Gasteiger partial charge on any atom is -0.462 e. The number of carbonyl (C=O) groups is 2. The highest BCUT2D eigenvalue weighted by Crippen LogP contribution is 2.58. The van der Waals surface area contributed by atoms with Crippen molar-refractivity contribution in [3.63, 3.8) is 0 Å². The molecule has 21 heavy (non-hydrogen) atoms. The average Bonchev–Trinajstić information content (AvgIpc) is 2.68. The van der Waals surface area contributed by atoms with E-state index in [9.17, 15) is 9.59 Å². The molecule has 0 aromatic heterocycles. The van der Waals surface area contributed by atoms with Crippen molar-refractivity contribution in [3.05, 3.63) is 0 Å². The SMILES string of the molecule is CC(=O)O[C@H]1CC[C@]2(C)CC[C@@H]3[C@H](OC(=O)[C@H]3C)[C@H]2[C@H]1C. The molecule has 4 heteroatoms. The van der Waals surface area contributed by atoms with Crippen LogP contribution in [0.25, 0.3) is 0 Å². The van der Waals surface area contributed by atoms with Crippen molar-refractivity contribution >= 4 is 11.9 Å². The third-order valence-electron chi connectivity index (χ3n) is 6.37. The summed E-state index contributed by atoms with van der Waals surface area (Å²) in [6, 6.07) is 0. The molecule has 0 amide bonds. The van der Waals surface area contributed by atoms with Crippen LogP contribution in [0.1, 0.15) is 53.4 Å². The second kappa shape index (κ2) is 4.99. The van der Waals surface area contributed by atoms with E-state index in [2.05, 4.69) is 13.8 Å². The van der Waals surface area contributed by atoms with Crippen molar-refractivity contribution in [1.82, 2.24) is 0 Å². The van der Waals surface area contributed by atoms with Gasteiger partial charge in [0.1, 0.15) is 12.2 Å². The van der Waals surface area contributed by atoms with Crippen LogP contribution in [-0.4, -0.2) is 24.1 Å². The summed E-state index contributed by atoms with van der Waals surface area (Å²) >= 11 is 0.